The van der Waals surface area contributed by atoms with Crippen molar-refractivity contribution < 1.29 is 24.9 Å². The molecular weight excluding hydrogens is 288 g/mol. The first-order valence-corrected chi connectivity index (χ1v) is 6.17. The number of aromatic nitrogens is 1. The van der Waals surface area contributed by atoms with Crippen molar-refractivity contribution in [1.29, 1.82) is 0 Å². The molecule has 1 aromatic carbocycles. The minimum atomic E-state index is -1.54. The van der Waals surface area contributed by atoms with E-state index in [0.29, 0.717) is 11.3 Å². The van der Waals surface area contributed by atoms with Gasteiger partial charge in [-0.25, -0.2) is 14.6 Å². The van der Waals surface area contributed by atoms with Crippen LogP contribution < -0.4 is 5.32 Å². The van der Waals surface area contributed by atoms with Crippen molar-refractivity contribution in [1.82, 2.24) is 4.98 Å². The van der Waals surface area contributed by atoms with E-state index in [1.165, 1.54) is 12.3 Å². The Bertz CT molecular complexity index is 739. The summed E-state index contributed by atoms with van der Waals surface area (Å²) in [5.41, 5.74) is -0.0108. The van der Waals surface area contributed by atoms with Gasteiger partial charge in [-0.15, -0.1) is 0 Å². The number of aliphatic carboxylic acids is 2. The molecule has 0 saturated heterocycles. The Morgan fingerprint density at radius 3 is 2.36 bits per heavy atom. The SMILES string of the molecule is O=C(O)C(=Cc1ccccc1Nc1ncccc1O)C(=O)O. The number of carbonyl (C=O) groups is 2. The number of carboxylic acids is 2. The summed E-state index contributed by atoms with van der Waals surface area (Å²) >= 11 is 0. The molecule has 0 radical (unpaired) electrons. The topological polar surface area (TPSA) is 120 Å². The lowest BCUT2D eigenvalue weighted by Crippen LogP contribution is -2.11. The summed E-state index contributed by atoms with van der Waals surface area (Å²) in [6.07, 6.45) is 2.51. The second-order valence-corrected chi connectivity index (χ2v) is 4.25. The van der Waals surface area contributed by atoms with Crippen molar-refractivity contribution in [3.05, 3.63) is 53.7 Å². The van der Waals surface area contributed by atoms with E-state index in [1.54, 1.807) is 30.3 Å². The van der Waals surface area contributed by atoms with Crippen molar-refractivity contribution in [3.63, 3.8) is 0 Å². The Morgan fingerprint density at radius 1 is 1.05 bits per heavy atom. The van der Waals surface area contributed by atoms with Crippen LogP contribution in [-0.4, -0.2) is 32.2 Å². The molecule has 112 valence electrons. The van der Waals surface area contributed by atoms with Gasteiger partial charge < -0.3 is 20.6 Å². The Morgan fingerprint density at radius 2 is 1.73 bits per heavy atom. The number of carboxylic acid groups (broad SMARTS) is 2. The van der Waals surface area contributed by atoms with E-state index in [-0.39, 0.29) is 11.6 Å². The van der Waals surface area contributed by atoms with Gasteiger partial charge in [0.25, 0.3) is 0 Å². The molecule has 7 heteroatoms. The van der Waals surface area contributed by atoms with Gasteiger partial charge in [-0.2, -0.15) is 0 Å². The van der Waals surface area contributed by atoms with Gasteiger partial charge in [0.15, 0.2) is 11.6 Å². The molecule has 0 amide bonds. The van der Waals surface area contributed by atoms with E-state index in [9.17, 15) is 14.7 Å². The third-order valence-electron chi connectivity index (χ3n) is 2.76. The number of nitrogens with zero attached hydrogens (tertiary/aromatic N) is 1. The summed E-state index contributed by atoms with van der Waals surface area (Å²) in [7, 11) is 0. The van der Waals surface area contributed by atoms with Crippen LogP contribution in [0.5, 0.6) is 5.75 Å². The van der Waals surface area contributed by atoms with E-state index in [2.05, 4.69) is 10.3 Å². The van der Waals surface area contributed by atoms with Crippen LogP contribution in [0.4, 0.5) is 11.5 Å². The van der Waals surface area contributed by atoms with E-state index < -0.39 is 17.5 Å². The van der Waals surface area contributed by atoms with Crippen LogP contribution >= 0.6 is 0 Å². The molecule has 4 N–H and O–H groups in total. The molecular formula is C15H12N2O5. The standard InChI is InChI=1S/C15H12N2O5/c18-12-6-3-7-16-13(12)17-11-5-2-1-4-9(11)8-10(14(19)20)15(21)22/h1-8,18H,(H,16,17)(H,19,20)(H,21,22). The van der Waals surface area contributed by atoms with Crippen molar-refractivity contribution in [2.24, 2.45) is 0 Å². The smallest absolute Gasteiger partial charge is 0.343 e. The molecule has 0 aliphatic heterocycles. The van der Waals surface area contributed by atoms with Gasteiger partial charge in [0.2, 0.25) is 0 Å². The van der Waals surface area contributed by atoms with Crippen molar-refractivity contribution in [2.75, 3.05) is 5.32 Å². The number of pyridine rings is 1. The first-order valence-electron chi connectivity index (χ1n) is 6.17. The molecule has 0 fully saturated rings. The number of hydrogen-bond acceptors (Lipinski definition) is 5. The second-order valence-electron chi connectivity index (χ2n) is 4.25. The zero-order valence-electron chi connectivity index (χ0n) is 11.2. The van der Waals surface area contributed by atoms with Crippen molar-refractivity contribution in [3.8, 4) is 5.75 Å². The maximum Gasteiger partial charge on any atom is 0.343 e. The fraction of sp³-hybridized carbons (Fsp3) is 0. The third-order valence-corrected chi connectivity index (χ3v) is 2.76. The van der Waals surface area contributed by atoms with Gasteiger partial charge in [-0.05, 0) is 29.8 Å². The van der Waals surface area contributed by atoms with Gasteiger partial charge in [0, 0.05) is 11.9 Å². The fourth-order valence-corrected chi connectivity index (χ4v) is 1.73. The molecule has 0 spiro atoms. The molecule has 22 heavy (non-hydrogen) atoms. The highest BCUT2D eigenvalue weighted by atomic mass is 16.4. The third kappa shape index (κ3) is 3.40. The lowest BCUT2D eigenvalue weighted by Gasteiger charge is -2.10. The monoisotopic (exact) mass is 300 g/mol. The molecule has 0 atom stereocenters. The van der Waals surface area contributed by atoms with Crippen LogP contribution in [0, 0.1) is 0 Å². The van der Waals surface area contributed by atoms with Gasteiger partial charge in [0.05, 0.1) is 0 Å². The molecule has 7 nitrogen and oxygen atoms in total. The number of para-hydroxylation sites is 1. The molecule has 0 saturated carbocycles. The average molecular weight is 300 g/mol. The van der Waals surface area contributed by atoms with Crippen molar-refractivity contribution in [2.45, 2.75) is 0 Å². The quantitative estimate of drug-likeness (QED) is 0.379. The van der Waals surface area contributed by atoms with Gasteiger partial charge in [-0.1, -0.05) is 18.2 Å². The maximum atomic E-state index is 10.9. The van der Waals surface area contributed by atoms with Gasteiger partial charge in [0.1, 0.15) is 5.57 Å². The summed E-state index contributed by atoms with van der Waals surface area (Å²) in [5.74, 6) is -2.99. The first-order chi connectivity index (χ1) is 10.5. The largest absolute Gasteiger partial charge is 0.504 e. The first kappa shape index (κ1) is 15.0. The highest BCUT2D eigenvalue weighted by Gasteiger charge is 2.17. The summed E-state index contributed by atoms with van der Waals surface area (Å²) in [4.78, 5) is 25.8. The van der Waals surface area contributed by atoms with Crippen molar-refractivity contribution >= 4 is 29.5 Å². The summed E-state index contributed by atoms with van der Waals surface area (Å²) < 4.78 is 0. The van der Waals surface area contributed by atoms with E-state index in [1.807, 2.05) is 0 Å². The predicted octanol–water partition coefficient (Wildman–Crippen LogP) is 2.08. The van der Waals surface area contributed by atoms with E-state index >= 15 is 0 Å². The minimum Gasteiger partial charge on any atom is -0.504 e. The Labute approximate surface area is 125 Å². The zero-order valence-corrected chi connectivity index (χ0v) is 11.2. The molecule has 0 bridgehead atoms. The Balaban J connectivity index is 2.43. The maximum absolute atomic E-state index is 10.9. The van der Waals surface area contributed by atoms with Gasteiger partial charge >= 0.3 is 11.9 Å². The molecule has 1 aromatic heterocycles. The molecule has 0 aliphatic rings. The highest BCUT2D eigenvalue weighted by Crippen LogP contribution is 2.26. The summed E-state index contributed by atoms with van der Waals surface area (Å²) in [6.45, 7) is 0. The number of aromatic hydroxyl groups is 1. The number of nitrogens with one attached hydrogen (secondary N) is 1. The number of hydrogen-bond donors (Lipinski definition) is 4. The van der Waals surface area contributed by atoms with Crippen LogP contribution in [0.25, 0.3) is 6.08 Å². The molecule has 2 aromatic rings. The van der Waals surface area contributed by atoms with Crippen LogP contribution in [0.1, 0.15) is 5.56 Å². The average Bonchev–Trinajstić information content (AvgIpc) is 2.48. The van der Waals surface area contributed by atoms with E-state index in [0.717, 1.165) is 6.08 Å². The van der Waals surface area contributed by atoms with Gasteiger partial charge in [-0.3, -0.25) is 0 Å². The highest BCUT2D eigenvalue weighted by molar-refractivity contribution is 6.16. The van der Waals surface area contributed by atoms with Crippen LogP contribution in [0.2, 0.25) is 0 Å². The Kier molecular flexibility index (Phi) is 4.38. The van der Waals surface area contributed by atoms with Crippen LogP contribution in [0.15, 0.2) is 48.2 Å². The predicted molar refractivity (Wildman–Crippen MR) is 78.9 cm³/mol. The lowest BCUT2D eigenvalue weighted by molar-refractivity contribution is -0.140. The van der Waals surface area contributed by atoms with Crippen LogP contribution in [0.3, 0.4) is 0 Å². The fourth-order valence-electron chi connectivity index (χ4n) is 1.73. The summed E-state index contributed by atoms with van der Waals surface area (Å²) in [6, 6.07) is 9.47. The molecule has 1 heterocycles. The molecule has 2 rings (SSSR count). The normalized spacial score (nSPS) is 9.82. The molecule has 0 aliphatic carbocycles. The number of anilines is 2. The number of benzene rings is 1. The minimum absolute atomic E-state index is 0.0852. The Hall–Kier alpha value is -3.35. The lowest BCUT2D eigenvalue weighted by atomic mass is 10.1. The summed E-state index contributed by atoms with van der Waals surface area (Å²) in [5, 5.41) is 30.3. The molecule has 0 unspecified atom stereocenters. The second kappa shape index (κ2) is 6.40. The van der Waals surface area contributed by atoms with E-state index in [4.69, 9.17) is 10.2 Å². The van der Waals surface area contributed by atoms with Crippen LogP contribution in [-0.2, 0) is 9.59 Å². The number of rotatable bonds is 5. The zero-order chi connectivity index (χ0) is 16.1.